The zero-order chi connectivity index (χ0) is 11.7. The number of rotatable bonds is 2. The first-order chi connectivity index (χ1) is 8.34. The van der Waals surface area contributed by atoms with E-state index in [1.807, 2.05) is 0 Å². The molecule has 0 saturated heterocycles. The van der Waals surface area contributed by atoms with Crippen LogP contribution in [0.1, 0.15) is 12.5 Å². The number of hydrogen-bond acceptors (Lipinski definition) is 2. The fourth-order valence-electron chi connectivity index (χ4n) is 2.38. The molecule has 0 bridgehead atoms. The van der Waals surface area contributed by atoms with Gasteiger partial charge in [-0.1, -0.05) is 36.4 Å². The molecule has 1 aromatic carbocycles. The minimum absolute atomic E-state index is 0.347. The van der Waals surface area contributed by atoms with Crippen LogP contribution in [0.15, 0.2) is 66.7 Å². The van der Waals surface area contributed by atoms with Crippen molar-refractivity contribution in [3.63, 3.8) is 0 Å². The van der Waals surface area contributed by atoms with Gasteiger partial charge >= 0.3 is 0 Å². The molecule has 3 rings (SSSR count). The molecule has 86 valence electrons. The molecule has 0 saturated carbocycles. The largest absolute Gasteiger partial charge is 0.346 e. The van der Waals surface area contributed by atoms with Crippen LogP contribution in [-0.2, 0) is 6.54 Å². The Kier molecular flexibility index (Phi) is 2.48. The van der Waals surface area contributed by atoms with Crippen LogP contribution in [0, 0.1) is 0 Å². The van der Waals surface area contributed by atoms with Gasteiger partial charge in [0.05, 0.1) is 0 Å². The number of allylic oxidation sites excluding steroid dienone is 3. The zero-order valence-electron chi connectivity index (χ0n) is 9.95. The fraction of sp³-hybridized carbons (Fsp3) is 0.200. The van der Waals surface area contributed by atoms with Gasteiger partial charge in [0.2, 0.25) is 0 Å². The average Bonchev–Trinajstić information content (AvgIpc) is 2.68. The smallest absolute Gasteiger partial charge is 0.125 e. The van der Waals surface area contributed by atoms with Crippen LogP contribution in [0.4, 0.5) is 0 Å². The van der Waals surface area contributed by atoms with Crippen molar-refractivity contribution < 1.29 is 0 Å². The van der Waals surface area contributed by atoms with E-state index in [2.05, 4.69) is 77.7 Å². The van der Waals surface area contributed by atoms with Gasteiger partial charge in [-0.05, 0) is 24.6 Å². The van der Waals surface area contributed by atoms with Gasteiger partial charge in [0.1, 0.15) is 6.17 Å². The summed E-state index contributed by atoms with van der Waals surface area (Å²) in [4.78, 5) is 4.66. The Labute approximate surface area is 102 Å². The Morgan fingerprint density at radius 1 is 1.12 bits per heavy atom. The van der Waals surface area contributed by atoms with Crippen LogP contribution in [0.5, 0.6) is 0 Å². The van der Waals surface area contributed by atoms with Crippen LogP contribution in [0.3, 0.4) is 0 Å². The molecular weight excluding hydrogens is 208 g/mol. The van der Waals surface area contributed by atoms with E-state index in [1.54, 1.807) is 0 Å². The maximum absolute atomic E-state index is 2.41. The highest BCUT2D eigenvalue weighted by Crippen LogP contribution is 2.27. The second-order valence-electron chi connectivity index (χ2n) is 4.47. The lowest BCUT2D eigenvalue weighted by Crippen LogP contribution is -2.35. The van der Waals surface area contributed by atoms with Gasteiger partial charge in [-0.3, -0.25) is 0 Å². The van der Waals surface area contributed by atoms with Gasteiger partial charge in [0.15, 0.2) is 0 Å². The molecule has 1 aromatic rings. The number of hydrogen-bond donors (Lipinski definition) is 0. The Bertz CT molecular complexity index is 485. The quantitative estimate of drug-likeness (QED) is 0.761. The summed E-state index contributed by atoms with van der Waals surface area (Å²) in [7, 11) is 0. The Morgan fingerprint density at radius 2 is 1.94 bits per heavy atom. The SMILES string of the molecule is CC1=CN2C=CC=C[C@H]2N1Cc1ccccc1. The highest BCUT2D eigenvalue weighted by Gasteiger charge is 2.27. The fourth-order valence-corrected chi connectivity index (χ4v) is 2.38. The maximum Gasteiger partial charge on any atom is 0.125 e. The van der Waals surface area contributed by atoms with E-state index < -0.39 is 0 Å². The standard InChI is InChI=1S/C15H16N2/c1-13-11-16-10-6-5-9-15(16)17(13)12-14-7-3-2-4-8-14/h2-11,15H,12H2,1H3/t15-/m1/s1. The third-order valence-electron chi connectivity index (χ3n) is 3.26. The molecular formula is C15H16N2. The van der Waals surface area contributed by atoms with Gasteiger partial charge in [0.25, 0.3) is 0 Å². The van der Waals surface area contributed by atoms with E-state index in [4.69, 9.17) is 0 Å². The molecule has 0 radical (unpaired) electrons. The van der Waals surface area contributed by atoms with E-state index in [0.717, 1.165) is 6.54 Å². The van der Waals surface area contributed by atoms with Crippen molar-refractivity contribution in [2.75, 3.05) is 0 Å². The summed E-state index contributed by atoms with van der Waals surface area (Å²) in [6.45, 7) is 3.13. The van der Waals surface area contributed by atoms with E-state index in [0.29, 0.717) is 6.17 Å². The van der Waals surface area contributed by atoms with Crippen LogP contribution >= 0.6 is 0 Å². The van der Waals surface area contributed by atoms with Gasteiger partial charge in [0, 0.05) is 24.6 Å². The Balaban J connectivity index is 1.82. The molecule has 2 aliphatic rings. The van der Waals surface area contributed by atoms with Crippen LogP contribution in [0.2, 0.25) is 0 Å². The molecule has 0 aromatic heterocycles. The normalized spacial score (nSPS) is 21.7. The lowest BCUT2D eigenvalue weighted by atomic mass is 10.2. The van der Waals surface area contributed by atoms with E-state index in [-0.39, 0.29) is 0 Å². The highest BCUT2D eigenvalue weighted by molar-refractivity contribution is 5.24. The third-order valence-corrected chi connectivity index (χ3v) is 3.26. The summed E-state index contributed by atoms with van der Waals surface area (Å²) in [6.07, 6.45) is 11.1. The number of fused-ring (bicyclic) bond motifs is 1. The molecule has 0 spiro atoms. The molecule has 0 amide bonds. The molecule has 0 fully saturated rings. The van der Waals surface area contributed by atoms with Gasteiger partial charge in [-0.25, -0.2) is 0 Å². The number of nitrogens with zero attached hydrogens (tertiary/aromatic N) is 2. The van der Waals surface area contributed by atoms with Crippen molar-refractivity contribution >= 4 is 0 Å². The second kappa shape index (κ2) is 4.13. The van der Waals surface area contributed by atoms with Crippen molar-refractivity contribution in [3.8, 4) is 0 Å². The topological polar surface area (TPSA) is 6.48 Å². The van der Waals surface area contributed by atoms with Crippen molar-refractivity contribution in [2.45, 2.75) is 19.6 Å². The molecule has 1 atom stereocenters. The Hall–Kier alpha value is -1.96. The molecule has 2 aliphatic heterocycles. The van der Waals surface area contributed by atoms with E-state index in [1.165, 1.54) is 11.3 Å². The minimum Gasteiger partial charge on any atom is -0.346 e. The molecule has 17 heavy (non-hydrogen) atoms. The monoisotopic (exact) mass is 224 g/mol. The van der Waals surface area contributed by atoms with Crippen molar-refractivity contribution in [1.29, 1.82) is 0 Å². The molecule has 0 aliphatic carbocycles. The molecule has 2 heterocycles. The van der Waals surface area contributed by atoms with Gasteiger partial charge in [-0.2, -0.15) is 0 Å². The van der Waals surface area contributed by atoms with Crippen LogP contribution in [0.25, 0.3) is 0 Å². The summed E-state index contributed by atoms with van der Waals surface area (Å²) >= 11 is 0. The summed E-state index contributed by atoms with van der Waals surface area (Å²) in [5.74, 6) is 0. The van der Waals surface area contributed by atoms with E-state index in [9.17, 15) is 0 Å². The van der Waals surface area contributed by atoms with Crippen LogP contribution < -0.4 is 0 Å². The predicted octanol–water partition coefficient (Wildman–Crippen LogP) is 3.08. The molecule has 0 unspecified atom stereocenters. The molecule has 0 N–H and O–H groups in total. The van der Waals surface area contributed by atoms with Crippen molar-refractivity contribution in [2.24, 2.45) is 0 Å². The lowest BCUT2D eigenvalue weighted by Gasteiger charge is -2.31. The summed E-state index contributed by atoms with van der Waals surface area (Å²) in [6, 6.07) is 10.6. The lowest BCUT2D eigenvalue weighted by molar-refractivity contribution is 0.218. The first kappa shape index (κ1) is 10.2. The highest BCUT2D eigenvalue weighted by atomic mass is 15.4. The molecule has 2 nitrogen and oxygen atoms in total. The van der Waals surface area contributed by atoms with E-state index >= 15 is 0 Å². The second-order valence-corrected chi connectivity index (χ2v) is 4.47. The van der Waals surface area contributed by atoms with Gasteiger partial charge in [-0.15, -0.1) is 0 Å². The average molecular weight is 224 g/mol. The van der Waals surface area contributed by atoms with Gasteiger partial charge < -0.3 is 9.80 Å². The molecule has 2 heteroatoms. The summed E-state index contributed by atoms with van der Waals surface area (Å²) in [5, 5.41) is 0. The van der Waals surface area contributed by atoms with Crippen molar-refractivity contribution in [1.82, 2.24) is 9.80 Å². The predicted molar refractivity (Wildman–Crippen MR) is 69.6 cm³/mol. The van der Waals surface area contributed by atoms with Crippen molar-refractivity contribution in [3.05, 3.63) is 72.2 Å². The maximum atomic E-state index is 2.41. The Morgan fingerprint density at radius 3 is 2.76 bits per heavy atom. The zero-order valence-corrected chi connectivity index (χ0v) is 9.95. The minimum atomic E-state index is 0.347. The first-order valence-electron chi connectivity index (χ1n) is 5.96. The summed E-state index contributed by atoms with van der Waals surface area (Å²) < 4.78 is 0. The summed E-state index contributed by atoms with van der Waals surface area (Å²) in [5.41, 5.74) is 2.67. The number of benzene rings is 1. The van der Waals surface area contributed by atoms with Crippen LogP contribution in [-0.4, -0.2) is 16.0 Å². The third kappa shape index (κ3) is 1.86. The first-order valence-corrected chi connectivity index (χ1v) is 5.96.